The van der Waals surface area contributed by atoms with E-state index in [2.05, 4.69) is 36.8 Å². The summed E-state index contributed by atoms with van der Waals surface area (Å²) in [5, 5.41) is 0.986. The highest BCUT2D eigenvalue weighted by atomic mass is 79.9. The normalized spacial score (nSPS) is 10.5. The maximum Gasteiger partial charge on any atom is 0.233 e. The van der Waals surface area contributed by atoms with E-state index in [1.54, 1.807) is 18.3 Å². The lowest BCUT2D eigenvalue weighted by molar-refractivity contribution is 0.459. The molecule has 0 N–H and O–H groups in total. The Morgan fingerprint density at radius 3 is 2.61 bits per heavy atom. The lowest BCUT2D eigenvalue weighted by Crippen LogP contribution is -1.91. The van der Waals surface area contributed by atoms with Gasteiger partial charge in [0.25, 0.3) is 0 Å². The molecule has 18 heavy (non-hydrogen) atoms. The smallest absolute Gasteiger partial charge is 0.233 e. The number of benzene rings is 1. The first-order chi connectivity index (χ1) is 8.49. The highest BCUT2D eigenvalue weighted by Crippen LogP contribution is 2.38. The molecule has 0 aliphatic rings. The summed E-state index contributed by atoms with van der Waals surface area (Å²) in [4.78, 5) is 4.15. The number of ether oxygens (including phenoxy) is 1. The Kier molecular flexibility index (Phi) is 4.54. The molecule has 2 aromatic rings. The number of hydrogen-bond donors (Lipinski definition) is 0. The Balaban J connectivity index is 2.40. The number of rotatable bonds is 2. The zero-order valence-corrected chi connectivity index (χ0v) is 13.9. The highest BCUT2D eigenvalue weighted by molar-refractivity contribution is 9.11. The minimum atomic E-state index is 0.454. The summed E-state index contributed by atoms with van der Waals surface area (Å²) in [5.41, 5.74) is 1.03. The second-order valence-electron chi connectivity index (χ2n) is 3.55. The van der Waals surface area contributed by atoms with Gasteiger partial charge in [-0.1, -0.05) is 23.2 Å². The van der Waals surface area contributed by atoms with Gasteiger partial charge in [0.2, 0.25) is 5.88 Å². The van der Waals surface area contributed by atoms with E-state index in [0.717, 1.165) is 14.5 Å². The number of aromatic nitrogens is 1. The Hall–Kier alpha value is -0.290. The average Bonchev–Trinajstić information content (AvgIpc) is 2.32. The fraction of sp³-hybridized carbons (Fsp3) is 0.0833. The third kappa shape index (κ3) is 2.99. The monoisotopic (exact) mass is 409 g/mol. The number of hydrogen-bond acceptors (Lipinski definition) is 2. The molecule has 1 heterocycles. The van der Waals surface area contributed by atoms with Crippen LogP contribution in [0.1, 0.15) is 5.56 Å². The molecule has 1 aromatic carbocycles. The minimum absolute atomic E-state index is 0.454. The molecular formula is C12H7Br2Cl2NO. The zero-order chi connectivity index (χ0) is 13.3. The maximum absolute atomic E-state index is 6.09. The van der Waals surface area contributed by atoms with Crippen molar-refractivity contribution in [2.75, 3.05) is 0 Å². The van der Waals surface area contributed by atoms with E-state index in [4.69, 9.17) is 27.9 Å². The summed E-state index contributed by atoms with van der Waals surface area (Å²) in [6.07, 6.45) is 1.67. The van der Waals surface area contributed by atoms with Crippen LogP contribution in [0.4, 0.5) is 0 Å². The van der Waals surface area contributed by atoms with Crippen LogP contribution in [0.15, 0.2) is 33.3 Å². The van der Waals surface area contributed by atoms with Crippen molar-refractivity contribution >= 4 is 55.1 Å². The van der Waals surface area contributed by atoms with Crippen LogP contribution < -0.4 is 4.74 Å². The first-order valence-electron chi connectivity index (χ1n) is 4.92. The Bertz CT molecular complexity index is 605. The third-order valence-electron chi connectivity index (χ3n) is 2.23. The van der Waals surface area contributed by atoms with Gasteiger partial charge in [0.05, 0.1) is 14.5 Å². The average molecular weight is 412 g/mol. The maximum atomic E-state index is 6.09. The quantitative estimate of drug-likeness (QED) is 0.564. The van der Waals surface area contributed by atoms with Gasteiger partial charge >= 0.3 is 0 Å². The topological polar surface area (TPSA) is 22.1 Å². The Labute approximate surface area is 132 Å². The molecule has 0 amide bonds. The Morgan fingerprint density at radius 1 is 1.17 bits per heavy atom. The number of pyridine rings is 1. The van der Waals surface area contributed by atoms with Gasteiger partial charge in [-0.05, 0) is 56.5 Å². The predicted octanol–water partition coefficient (Wildman–Crippen LogP) is 6.01. The summed E-state index contributed by atoms with van der Waals surface area (Å²) in [5.74, 6) is 0.916. The van der Waals surface area contributed by atoms with Crippen molar-refractivity contribution in [3.05, 3.63) is 49.0 Å². The molecule has 0 saturated carbocycles. The molecule has 0 bridgehead atoms. The molecule has 0 aliphatic carbocycles. The van der Waals surface area contributed by atoms with E-state index in [1.807, 2.05) is 13.0 Å². The fourth-order valence-electron chi connectivity index (χ4n) is 1.27. The number of halogens is 4. The SMILES string of the molecule is Cc1ccnc(Oc2cc(Cl)c(Br)cc2Cl)c1Br. The minimum Gasteiger partial charge on any atom is -0.436 e. The molecule has 6 heteroatoms. The molecular weight excluding hydrogens is 405 g/mol. The molecule has 0 unspecified atom stereocenters. The summed E-state index contributed by atoms with van der Waals surface area (Å²) < 4.78 is 7.17. The first-order valence-corrected chi connectivity index (χ1v) is 7.26. The largest absolute Gasteiger partial charge is 0.436 e. The van der Waals surface area contributed by atoms with Crippen molar-refractivity contribution in [3.8, 4) is 11.6 Å². The molecule has 0 fully saturated rings. The van der Waals surface area contributed by atoms with Gasteiger partial charge in [-0.3, -0.25) is 0 Å². The standard InChI is InChI=1S/C12H7Br2Cl2NO/c1-6-2-3-17-12(11(6)14)18-10-5-8(15)7(13)4-9(10)16/h2-5H,1H3. The van der Waals surface area contributed by atoms with E-state index in [0.29, 0.717) is 21.7 Å². The van der Waals surface area contributed by atoms with Crippen molar-refractivity contribution < 1.29 is 4.74 Å². The molecule has 1 aromatic heterocycles. The van der Waals surface area contributed by atoms with Crippen molar-refractivity contribution in [1.82, 2.24) is 4.98 Å². The van der Waals surface area contributed by atoms with Gasteiger partial charge in [0.15, 0.2) is 0 Å². The van der Waals surface area contributed by atoms with Crippen molar-refractivity contribution in [2.45, 2.75) is 6.92 Å². The van der Waals surface area contributed by atoms with E-state index in [9.17, 15) is 0 Å². The van der Waals surface area contributed by atoms with Crippen LogP contribution >= 0.6 is 55.1 Å². The van der Waals surface area contributed by atoms with Gasteiger partial charge in [-0.2, -0.15) is 0 Å². The molecule has 0 atom stereocenters. The third-order valence-corrected chi connectivity index (χ3v) is 4.69. The van der Waals surface area contributed by atoms with Gasteiger partial charge < -0.3 is 4.74 Å². The molecule has 94 valence electrons. The molecule has 0 spiro atoms. The highest BCUT2D eigenvalue weighted by Gasteiger charge is 2.11. The summed E-state index contributed by atoms with van der Waals surface area (Å²) in [6, 6.07) is 5.21. The van der Waals surface area contributed by atoms with Crippen LogP contribution in [0.5, 0.6) is 11.6 Å². The summed E-state index contributed by atoms with van der Waals surface area (Å²) in [6.45, 7) is 1.95. The first kappa shape index (κ1) is 14.1. The zero-order valence-electron chi connectivity index (χ0n) is 9.18. The molecule has 0 aliphatic heterocycles. The van der Waals surface area contributed by atoms with Crippen LogP contribution in [-0.2, 0) is 0 Å². The number of aryl methyl sites for hydroxylation is 1. The van der Waals surface area contributed by atoms with Crippen molar-refractivity contribution in [2.24, 2.45) is 0 Å². The molecule has 0 saturated heterocycles. The van der Waals surface area contributed by atoms with E-state index in [-0.39, 0.29) is 0 Å². The van der Waals surface area contributed by atoms with Gasteiger partial charge in [0.1, 0.15) is 5.75 Å². The second-order valence-corrected chi connectivity index (χ2v) is 6.01. The van der Waals surface area contributed by atoms with Crippen LogP contribution in [-0.4, -0.2) is 4.98 Å². The van der Waals surface area contributed by atoms with Gasteiger partial charge in [0, 0.05) is 16.7 Å². The summed E-state index contributed by atoms with van der Waals surface area (Å²) >= 11 is 18.8. The van der Waals surface area contributed by atoms with Gasteiger partial charge in [-0.25, -0.2) is 4.98 Å². The van der Waals surface area contributed by atoms with Crippen LogP contribution in [0.3, 0.4) is 0 Å². The summed E-state index contributed by atoms with van der Waals surface area (Å²) in [7, 11) is 0. The predicted molar refractivity (Wildman–Crippen MR) is 80.9 cm³/mol. The molecule has 2 nitrogen and oxygen atoms in total. The molecule has 0 radical (unpaired) electrons. The fourth-order valence-corrected chi connectivity index (χ4v) is 2.42. The van der Waals surface area contributed by atoms with E-state index < -0.39 is 0 Å². The second kappa shape index (κ2) is 5.78. The van der Waals surface area contributed by atoms with E-state index >= 15 is 0 Å². The Morgan fingerprint density at radius 2 is 1.89 bits per heavy atom. The van der Waals surface area contributed by atoms with Crippen LogP contribution in [0.2, 0.25) is 10.0 Å². The van der Waals surface area contributed by atoms with Crippen molar-refractivity contribution in [3.63, 3.8) is 0 Å². The van der Waals surface area contributed by atoms with E-state index in [1.165, 1.54) is 0 Å². The van der Waals surface area contributed by atoms with Crippen LogP contribution in [0.25, 0.3) is 0 Å². The lowest BCUT2D eigenvalue weighted by Gasteiger charge is -2.10. The lowest BCUT2D eigenvalue weighted by atomic mass is 10.3. The molecule has 2 rings (SSSR count). The number of nitrogens with zero attached hydrogens (tertiary/aromatic N) is 1. The van der Waals surface area contributed by atoms with Gasteiger partial charge in [-0.15, -0.1) is 0 Å². The van der Waals surface area contributed by atoms with Crippen LogP contribution in [0, 0.1) is 6.92 Å². The van der Waals surface area contributed by atoms with Crippen molar-refractivity contribution in [1.29, 1.82) is 0 Å².